The van der Waals surface area contributed by atoms with Crippen molar-refractivity contribution in [3.63, 3.8) is 0 Å². The summed E-state index contributed by atoms with van der Waals surface area (Å²) in [5.41, 5.74) is 0.881. The molecule has 3 aromatic heterocycles. The van der Waals surface area contributed by atoms with Crippen molar-refractivity contribution in [2.75, 3.05) is 5.32 Å². The van der Waals surface area contributed by atoms with Gasteiger partial charge in [-0.15, -0.1) is 11.3 Å². The maximum absolute atomic E-state index is 12.7. The first-order chi connectivity index (χ1) is 13.8. The molecule has 4 rings (SSSR count). The van der Waals surface area contributed by atoms with Crippen LogP contribution < -0.4 is 16.6 Å². The number of amides is 1. The number of thiazole rings is 1. The van der Waals surface area contributed by atoms with Crippen LogP contribution in [-0.4, -0.2) is 29.6 Å². The Morgan fingerprint density at radius 3 is 2.66 bits per heavy atom. The molecule has 29 heavy (non-hydrogen) atoms. The third kappa shape index (κ3) is 3.47. The van der Waals surface area contributed by atoms with E-state index in [9.17, 15) is 14.4 Å². The van der Waals surface area contributed by atoms with Gasteiger partial charge in [0.15, 0.2) is 16.3 Å². The van der Waals surface area contributed by atoms with Gasteiger partial charge in [-0.1, -0.05) is 23.7 Å². The largest absolute Gasteiger partial charge is 0.332 e. The van der Waals surface area contributed by atoms with Crippen LogP contribution in [0.2, 0.25) is 5.02 Å². The lowest BCUT2D eigenvalue weighted by Gasteiger charge is -2.08. The quantitative estimate of drug-likeness (QED) is 0.532. The molecule has 0 radical (unpaired) electrons. The molecule has 4 aromatic rings. The summed E-state index contributed by atoms with van der Waals surface area (Å²) in [6.07, 6.45) is 1.45. The average molecular weight is 431 g/mol. The molecule has 148 valence electrons. The Morgan fingerprint density at radius 2 is 1.93 bits per heavy atom. The first-order valence-electron chi connectivity index (χ1n) is 8.47. The Balaban J connectivity index is 1.58. The van der Waals surface area contributed by atoms with Gasteiger partial charge in [0.25, 0.3) is 5.56 Å². The molecule has 0 aliphatic carbocycles. The zero-order valence-electron chi connectivity index (χ0n) is 15.4. The van der Waals surface area contributed by atoms with Crippen LogP contribution in [-0.2, 0) is 25.4 Å². The number of nitrogens with one attached hydrogen (secondary N) is 1. The molecule has 0 fully saturated rings. The number of aryl methyl sites for hydroxylation is 2. The molecule has 0 aliphatic rings. The lowest BCUT2D eigenvalue weighted by molar-refractivity contribution is -0.116. The van der Waals surface area contributed by atoms with Crippen LogP contribution in [0.15, 0.2) is 45.6 Å². The molecule has 11 heteroatoms. The zero-order valence-corrected chi connectivity index (χ0v) is 17.0. The van der Waals surface area contributed by atoms with Gasteiger partial charge in [0, 0.05) is 30.1 Å². The number of aromatic nitrogens is 5. The van der Waals surface area contributed by atoms with E-state index in [1.54, 1.807) is 24.6 Å². The highest BCUT2D eigenvalue weighted by molar-refractivity contribution is 7.14. The predicted molar refractivity (Wildman–Crippen MR) is 111 cm³/mol. The summed E-state index contributed by atoms with van der Waals surface area (Å²) < 4.78 is 3.64. The van der Waals surface area contributed by atoms with Gasteiger partial charge >= 0.3 is 5.69 Å². The van der Waals surface area contributed by atoms with Crippen molar-refractivity contribution in [1.82, 2.24) is 23.7 Å². The number of hydrogen-bond acceptors (Lipinski definition) is 6. The highest BCUT2D eigenvalue weighted by atomic mass is 35.5. The molecule has 0 atom stereocenters. The first-order valence-corrected chi connectivity index (χ1v) is 9.73. The molecule has 9 nitrogen and oxygen atoms in total. The molecule has 1 amide bonds. The van der Waals surface area contributed by atoms with Crippen LogP contribution in [0.25, 0.3) is 22.4 Å². The van der Waals surface area contributed by atoms with E-state index in [0.717, 1.165) is 10.1 Å². The Bertz CT molecular complexity index is 1350. The summed E-state index contributed by atoms with van der Waals surface area (Å²) in [7, 11) is 3.16. The second-order valence-electron chi connectivity index (χ2n) is 6.35. The summed E-state index contributed by atoms with van der Waals surface area (Å²) >= 11 is 7.13. The summed E-state index contributed by atoms with van der Waals surface area (Å²) in [6, 6.07) is 7.17. The molecule has 1 N–H and O–H groups in total. The normalized spacial score (nSPS) is 11.1. The van der Waals surface area contributed by atoms with E-state index in [1.807, 2.05) is 12.1 Å². The summed E-state index contributed by atoms with van der Waals surface area (Å²) in [4.78, 5) is 46.0. The number of rotatable bonds is 4. The molecular formula is C18H15ClN6O3S. The minimum atomic E-state index is -0.614. The number of benzene rings is 1. The van der Waals surface area contributed by atoms with Gasteiger partial charge in [0.1, 0.15) is 6.54 Å². The van der Waals surface area contributed by atoms with Crippen LogP contribution >= 0.6 is 22.9 Å². The SMILES string of the molecule is Cn1cnc2c1c(=O)n(CC(=O)Nc1nc(-c3ccc(Cl)cc3)cs1)c(=O)n2C. The second kappa shape index (κ2) is 7.30. The fourth-order valence-electron chi connectivity index (χ4n) is 2.92. The van der Waals surface area contributed by atoms with E-state index in [0.29, 0.717) is 15.8 Å². The van der Waals surface area contributed by atoms with Crippen LogP contribution in [0.4, 0.5) is 5.13 Å². The average Bonchev–Trinajstić information content (AvgIpc) is 3.31. The zero-order chi connectivity index (χ0) is 20.7. The van der Waals surface area contributed by atoms with Crippen molar-refractivity contribution in [2.45, 2.75) is 6.54 Å². The fraction of sp³-hybridized carbons (Fsp3) is 0.167. The monoisotopic (exact) mass is 430 g/mol. The van der Waals surface area contributed by atoms with E-state index >= 15 is 0 Å². The molecule has 3 heterocycles. The Hall–Kier alpha value is -3.24. The number of carbonyl (C=O) groups excluding carboxylic acids is 1. The number of fused-ring (bicyclic) bond motifs is 1. The number of nitrogens with zero attached hydrogens (tertiary/aromatic N) is 5. The van der Waals surface area contributed by atoms with Crippen LogP contribution in [0, 0.1) is 0 Å². The van der Waals surface area contributed by atoms with Crippen molar-refractivity contribution in [2.24, 2.45) is 14.1 Å². The first kappa shape index (κ1) is 19.1. The third-order valence-electron chi connectivity index (χ3n) is 4.39. The molecule has 0 saturated carbocycles. The van der Waals surface area contributed by atoms with Gasteiger partial charge in [-0.3, -0.25) is 14.2 Å². The van der Waals surface area contributed by atoms with Crippen LogP contribution in [0.1, 0.15) is 0 Å². The number of imidazole rings is 1. The van der Waals surface area contributed by atoms with Gasteiger partial charge in [-0.05, 0) is 12.1 Å². The lowest BCUT2D eigenvalue weighted by atomic mass is 10.2. The molecule has 0 spiro atoms. The third-order valence-corrected chi connectivity index (χ3v) is 5.40. The molecule has 0 saturated heterocycles. The maximum atomic E-state index is 12.7. The Morgan fingerprint density at radius 1 is 1.21 bits per heavy atom. The lowest BCUT2D eigenvalue weighted by Crippen LogP contribution is -2.42. The van der Waals surface area contributed by atoms with Crippen molar-refractivity contribution in [1.29, 1.82) is 0 Å². The second-order valence-corrected chi connectivity index (χ2v) is 7.65. The predicted octanol–water partition coefficient (Wildman–Crippen LogP) is 1.85. The smallest absolute Gasteiger partial charge is 0.328 e. The van der Waals surface area contributed by atoms with E-state index in [2.05, 4.69) is 15.3 Å². The highest BCUT2D eigenvalue weighted by Gasteiger charge is 2.17. The van der Waals surface area contributed by atoms with Crippen molar-refractivity contribution in [3.05, 3.63) is 61.8 Å². The van der Waals surface area contributed by atoms with E-state index in [-0.39, 0.29) is 11.2 Å². The van der Waals surface area contributed by atoms with E-state index in [1.165, 1.54) is 33.8 Å². The highest BCUT2D eigenvalue weighted by Crippen LogP contribution is 2.25. The van der Waals surface area contributed by atoms with Gasteiger partial charge in [0.2, 0.25) is 5.91 Å². The molecular weight excluding hydrogens is 416 g/mol. The van der Waals surface area contributed by atoms with Gasteiger partial charge in [-0.2, -0.15) is 0 Å². The van der Waals surface area contributed by atoms with Gasteiger partial charge < -0.3 is 9.88 Å². The van der Waals surface area contributed by atoms with Crippen molar-refractivity contribution < 1.29 is 4.79 Å². The van der Waals surface area contributed by atoms with Crippen LogP contribution in [0.5, 0.6) is 0 Å². The van der Waals surface area contributed by atoms with Crippen molar-refractivity contribution in [3.8, 4) is 11.3 Å². The summed E-state index contributed by atoms with van der Waals surface area (Å²) in [6.45, 7) is -0.428. The van der Waals surface area contributed by atoms with E-state index in [4.69, 9.17) is 11.6 Å². The van der Waals surface area contributed by atoms with Crippen molar-refractivity contribution >= 4 is 45.1 Å². The fourth-order valence-corrected chi connectivity index (χ4v) is 3.78. The molecule has 0 aliphatic heterocycles. The summed E-state index contributed by atoms with van der Waals surface area (Å²) in [5, 5.41) is 5.42. The number of anilines is 1. The van der Waals surface area contributed by atoms with Gasteiger partial charge in [-0.25, -0.2) is 19.3 Å². The Labute approximate surface area is 172 Å². The molecule has 1 aromatic carbocycles. The van der Waals surface area contributed by atoms with E-state index < -0.39 is 23.7 Å². The maximum Gasteiger partial charge on any atom is 0.332 e. The minimum Gasteiger partial charge on any atom is -0.328 e. The number of carbonyl (C=O) groups is 1. The standard InChI is InChI=1S/C18H15ClN6O3S/c1-23-9-20-15-14(23)16(27)25(18(28)24(15)2)7-13(26)22-17-21-12(8-29-17)10-3-5-11(19)6-4-10/h3-6,8-9H,7H2,1-2H3,(H,21,22,26). The molecule has 0 unspecified atom stereocenters. The summed E-state index contributed by atoms with van der Waals surface area (Å²) in [5.74, 6) is -0.525. The number of hydrogen-bond donors (Lipinski definition) is 1. The Kier molecular flexibility index (Phi) is 4.81. The minimum absolute atomic E-state index is 0.249. The topological polar surface area (TPSA) is 104 Å². The van der Waals surface area contributed by atoms with Crippen LogP contribution in [0.3, 0.4) is 0 Å². The number of halogens is 1. The van der Waals surface area contributed by atoms with Gasteiger partial charge in [0.05, 0.1) is 12.0 Å². The molecule has 0 bridgehead atoms.